The lowest BCUT2D eigenvalue weighted by molar-refractivity contribution is 0.0697. The van der Waals surface area contributed by atoms with Gasteiger partial charge in [0.1, 0.15) is 0 Å². The van der Waals surface area contributed by atoms with Gasteiger partial charge in [0.05, 0.1) is 5.56 Å². The average Bonchev–Trinajstić information content (AvgIpc) is 2.69. The summed E-state index contributed by atoms with van der Waals surface area (Å²) in [5.41, 5.74) is 6.21. The lowest BCUT2D eigenvalue weighted by Gasteiger charge is -2.42. The fourth-order valence-corrected chi connectivity index (χ4v) is 4.49. The third kappa shape index (κ3) is 4.63. The molecular weight excluding hydrogens is 356 g/mol. The van der Waals surface area contributed by atoms with Crippen molar-refractivity contribution < 1.29 is 9.90 Å². The van der Waals surface area contributed by atoms with Gasteiger partial charge in [-0.25, -0.2) is 4.79 Å². The van der Waals surface area contributed by atoms with Crippen LogP contribution in [0.4, 0.5) is 0 Å². The second kappa shape index (κ2) is 8.18. The maximum Gasteiger partial charge on any atom is 0.335 e. The van der Waals surface area contributed by atoms with Crippen molar-refractivity contribution in [3.8, 4) is 0 Å². The molecule has 0 amide bonds. The molecule has 0 aliphatic heterocycles. The summed E-state index contributed by atoms with van der Waals surface area (Å²) in [6.07, 6.45) is 9.09. The molecule has 0 saturated heterocycles. The summed E-state index contributed by atoms with van der Waals surface area (Å²) in [6, 6.07) is 14.2. The largest absolute Gasteiger partial charge is 0.478 e. The van der Waals surface area contributed by atoms with E-state index in [9.17, 15) is 4.79 Å². The molecule has 1 aliphatic rings. The van der Waals surface area contributed by atoms with Crippen LogP contribution in [0, 0.1) is 0 Å². The minimum atomic E-state index is -0.885. The van der Waals surface area contributed by atoms with Gasteiger partial charge >= 0.3 is 5.97 Å². The van der Waals surface area contributed by atoms with Crippen molar-refractivity contribution in [3.05, 3.63) is 76.4 Å². The van der Waals surface area contributed by atoms with Crippen LogP contribution in [-0.4, -0.2) is 11.1 Å². The van der Waals surface area contributed by atoms with Gasteiger partial charge in [-0.2, -0.15) is 0 Å². The summed E-state index contributed by atoms with van der Waals surface area (Å²) < 4.78 is 0. The SMILES string of the molecule is CCCC(/C=C/c1ccc(C(=O)O)cc1)c1ccc2c(c1)C(C)(C)CCC2(C)C. The number of rotatable bonds is 6. The van der Waals surface area contributed by atoms with Crippen molar-refractivity contribution in [2.24, 2.45) is 0 Å². The Kier molecular flexibility index (Phi) is 6.03. The normalized spacial score (nSPS) is 18.4. The second-order valence-corrected chi connectivity index (χ2v) is 9.75. The summed E-state index contributed by atoms with van der Waals surface area (Å²) >= 11 is 0. The van der Waals surface area contributed by atoms with E-state index in [1.54, 1.807) is 12.1 Å². The third-order valence-electron chi connectivity index (χ3n) is 6.58. The molecule has 0 radical (unpaired) electrons. The molecule has 0 fully saturated rings. The molecule has 0 saturated carbocycles. The van der Waals surface area contributed by atoms with Crippen molar-refractivity contribution in [1.29, 1.82) is 0 Å². The second-order valence-electron chi connectivity index (χ2n) is 9.75. The van der Waals surface area contributed by atoms with Gasteiger partial charge in [0, 0.05) is 5.92 Å². The fourth-order valence-electron chi connectivity index (χ4n) is 4.49. The molecule has 1 aliphatic carbocycles. The van der Waals surface area contributed by atoms with E-state index >= 15 is 0 Å². The first kappa shape index (κ1) is 21.4. The number of aromatic carboxylic acids is 1. The van der Waals surface area contributed by atoms with Crippen LogP contribution in [0.2, 0.25) is 0 Å². The average molecular weight is 391 g/mol. The summed E-state index contributed by atoms with van der Waals surface area (Å²) in [7, 11) is 0. The monoisotopic (exact) mass is 390 g/mol. The lowest BCUT2D eigenvalue weighted by atomic mass is 9.62. The van der Waals surface area contributed by atoms with E-state index in [2.05, 4.69) is 65.0 Å². The topological polar surface area (TPSA) is 37.3 Å². The summed E-state index contributed by atoms with van der Waals surface area (Å²) in [6.45, 7) is 11.7. The summed E-state index contributed by atoms with van der Waals surface area (Å²) in [4.78, 5) is 11.0. The Morgan fingerprint density at radius 3 is 2.21 bits per heavy atom. The van der Waals surface area contributed by atoms with Crippen LogP contribution < -0.4 is 0 Å². The Labute approximate surface area is 175 Å². The van der Waals surface area contributed by atoms with Crippen LogP contribution in [0.5, 0.6) is 0 Å². The first-order valence-electron chi connectivity index (χ1n) is 10.8. The van der Waals surface area contributed by atoms with E-state index in [1.807, 2.05) is 12.1 Å². The maximum absolute atomic E-state index is 11.0. The molecule has 1 N–H and O–H groups in total. The van der Waals surface area contributed by atoms with Crippen LogP contribution in [-0.2, 0) is 10.8 Å². The van der Waals surface area contributed by atoms with E-state index in [1.165, 1.54) is 29.5 Å². The number of carboxylic acid groups (broad SMARTS) is 1. The van der Waals surface area contributed by atoms with Crippen molar-refractivity contribution in [1.82, 2.24) is 0 Å². The molecule has 1 atom stereocenters. The molecule has 2 nitrogen and oxygen atoms in total. The minimum absolute atomic E-state index is 0.216. The highest BCUT2D eigenvalue weighted by Crippen LogP contribution is 2.46. The van der Waals surface area contributed by atoms with Crippen LogP contribution in [0.3, 0.4) is 0 Å². The molecule has 0 heterocycles. The van der Waals surface area contributed by atoms with Gasteiger partial charge in [-0.15, -0.1) is 0 Å². The zero-order valence-corrected chi connectivity index (χ0v) is 18.5. The Morgan fingerprint density at radius 1 is 1.00 bits per heavy atom. The molecule has 2 aromatic carbocycles. The van der Waals surface area contributed by atoms with Gasteiger partial charge in [0.2, 0.25) is 0 Å². The van der Waals surface area contributed by atoms with Gasteiger partial charge < -0.3 is 5.11 Å². The zero-order valence-electron chi connectivity index (χ0n) is 18.5. The first-order valence-corrected chi connectivity index (χ1v) is 10.8. The molecule has 0 bridgehead atoms. The number of carbonyl (C=O) groups is 1. The summed E-state index contributed by atoms with van der Waals surface area (Å²) in [5, 5.41) is 9.07. The standard InChI is InChI=1S/C27H34O2/c1-6-7-20(11-8-19-9-12-21(13-10-19)25(28)29)22-14-15-23-24(18-22)27(4,5)17-16-26(23,2)3/h8-15,18,20H,6-7,16-17H2,1-5H3,(H,28,29)/b11-8+. The molecule has 0 aromatic heterocycles. The molecule has 154 valence electrons. The number of hydrogen-bond acceptors (Lipinski definition) is 1. The zero-order chi connectivity index (χ0) is 21.2. The highest BCUT2D eigenvalue weighted by molar-refractivity contribution is 5.87. The quantitative estimate of drug-likeness (QED) is 0.560. The molecule has 0 spiro atoms. The Bertz CT molecular complexity index is 901. The number of allylic oxidation sites excluding steroid dienone is 1. The molecule has 1 unspecified atom stereocenters. The lowest BCUT2D eigenvalue weighted by Crippen LogP contribution is -2.34. The molecule has 29 heavy (non-hydrogen) atoms. The van der Waals surface area contributed by atoms with Crippen molar-refractivity contribution in [2.45, 2.75) is 77.0 Å². The fraction of sp³-hybridized carbons (Fsp3) is 0.444. The number of benzene rings is 2. The third-order valence-corrected chi connectivity index (χ3v) is 6.58. The predicted molar refractivity (Wildman–Crippen MR) is 122 cm³/mol. The minimum Gasteiger partial charge on any atom is -0.478 e. The van der Waals surface area contributed by atoms with E-state index in [-0.39, 0.29) is 10.8 Å². The van der Waals surface area contributed by atoms with Crippen LogP contribution in [0.1, 0.15) is 98.8 Å². The molecule has 3 rings (SSSR count). The maximum atomic E-state index is 11.0. The number of carboxylic acids is 1. The Morgan fingerprint density at radius 2 is 1.62 bits per heavy atom. The van der Waals surface area contributed by atoms with Gasteiger partial charge in [-0.05, 0) is 64.5 Å². The Balaban J connectivity index is 1.92. The van der Waals surface area contributed by atoms with Crippen molar-refractivity contribution in [3.63, 3.8) is 0 Å². The van der Waals surface area contributed by atoms with E-state index in [0.717, 1.165) is 18.4 Å². The first-order chi connectivity index (χ1) is 13.6. The van der Waals surface area contributed by atoms with Crippen LogP contribution in [0.25, 0.3) is 6.08 Å². The van der Waals surface area contributed by atoms with Crippen LogP contribution in [0.15, 0.2) is 48.5 Å². The Hall–Kier alpha value is -2.35. The highest BCUT2D eigenvalue weighted by Gasteiger charge is 2.37. The highest BCUT2D eigenvalue weighted by atomic mass is 16.4. The van der Waals surface area contributed by atoms with E-state index in [0.29, 0.717) is 11.5 Å². The molecule has 2 aromatic rings. The van der Waals surface area contributed by atoms with Gasteiger partial charge in [0.25, 0.3) is 0 Å². The van der Waals surface area contributed by atoms with E-state index < -0.39 is 5.97 Å². The number of hydrogen-bond donors (Lipinski definition) is 1. The smallest absolute Gasteiger partial charge is 0.335 e. The summed E-state index contributed by atoms with van der Waals surface area (Å²) in [5.74, 6) is -0.519. The predicted octanol–water partition coefficient (Wildman–Crippen LogP) is 7.33. The molecule has 2 heteroatoms. The van der Waals surface area contributed by atoms with E-state index in [4.69, 9.17) is 5.11 Å². The number of fused-ring (bicyclic) bond motifs is 1. The van der Waals surface area contributed by atoms with Crippen molar-refractivity contribution >= 4 is 12.0 Å². The van der Waals surface area contributed by atoms with Crippen molar-refractivity contribution in [2.75, 3.05) is 0 Å². The van der Waals surface area contributed by atoms with Crippen LogP contribution >= 0.6 is 0 Å². The van der Waals surface area contributed by atoms with Gasteiger partial charge in [-0.1, -0.05) is 83.5 Å². The van der Waals surface area contributed by atoms with Gasteiger partial charge in [0.15, 0.2) is 0 Å². The molecular formula is C27H34O2. The van der Waals surface area contributed by atoms with Gasteiger partial charge in [-0.3, -0.25) is 0 Å².